The zero-order chi connectivity index (χ0) is 10.9. The molecular formula is C11H21NO2. The highest BCUT2D eigenvalue weighted by Gasteiger charge is 2.34. The third kappa shape index (κ3) is 2.47. The van der Waals surface area contributed by atoms with E-state index in [1.807, 2.05) is 0 Å². The smallest absolute Gasteiger partial charge is 0.310 e. The Bertz CT molecular complexity index is 215. The molecular weight excluding hydrogens is 178 g/mol. The van der Waals surface area contributed by atoms with Gasteiger partial charge in [0.1, 0.15) is 0 Å². The summed E-state index contributed by atoms with van der Waals surface area (Å²) in [7, 11) is 0. The molecule has 2 unspecified atom stereocenters. The number of hydrogen-bond acceptors (Lipinski definition) is 2. The summed E-state index contributed by atoms with van der Waals surface area (Å²) in [6.07, 6.45) is 0. The monoisotopic (exact) mass is 199 g/mol. The van der Waals surface area contributed by atoms with Crippen molar-refractivity contribution in [3.05, 3.63) is 0 Å². The summed E-state index contributed by atoms with van der Waals surface area (Å²) in [6.45, 7) is 10.8. The molecule has 0 aromatic heterocycles. The number of nitrogens with zero attached hydrogens (tertiary/aromatic N) is 1. The van der Waals surface area contributed by atoms with Crippen LogP contribution >= 0.6 is 0 Å². The molecule has 0 aromatic carbocycles. The average molecular weight is 199 g/mol. The molecule has 1 fully saturated rings. The van der Waals surface area contributed by atoms with Gasteiger partial charge < -0.3 is 10.0 Å². The second-order valence-electron chi connectivity index (χ2n) is 5.34. The maximum absolute atomic E-state index is 10.9. The lowest BCUT2D eigenvalue weighted by Gasteiger charge is -2.26. The SMILES string of the molecule is CC1CN(CC(C)(C)C(=O)O)CC1C. The summed E-state index contributed by atoms with van der Waals surface area (Å²) in [4.78, 5) is 13.2. The van der Waals surface area contributed by atoms with Crippen molar-refractivity contribution in [2.24, 2.45) is 17.3 Å². The fraction of sp³-hybridized carbons (Fsp3) is 0.909. The molecule has 1 aliphatic rings. The van der Waals surface area contributed by atoms with Gasteiger partial charge in [-0.15, -0.1) is 0 Å². The van der Waals surface area contributed by atoms with Crippen LogP contribution in [0.3, 0.4) is 0 Å². The van der Waals surface area contributed by atoms with Crippen molar-refractivity contribution in [1.29, 1.82) is 0 Å². The van der Waals surface area contributed by atoms with Gasteiger partial charge in [0.15, 0.2) is 0 Å². The third-order valence-corrected chi connectivity index (χ3v) is 3.26. The molecule has 2 atom stereocenters. The third-order valence-electron chi connectivity index (χ3n) is 3.26. The summed E-state index contributed by atoms with van der Waals surface area (Å²) < 4.78 is 0. The van der Waals surface area contributed by atoms with E-state index in [9.17, 15) is 4.79 Å². The minimum Gasteiger partial charge on any atom is -0.481 e. The highest BCUT2D eigenvalue weighted by atomic mass is 16.4. The minimum absolute atomic E-state index is 0.621. The first kappa shape index (κ1) is 11.5. The number of hydrogen-bond donors (Lipinski definition) is 1. The van der Waals surface area contributed by atoms with Gasteiger partial charge >= 0.3 is 5.97 Å². The Morgan fingerprint density at radius 2 is 1.79 bits per heavy atom. The van der Waals surface area contributed by atoms with Crippen molar-refractivity contribution in [1.82, 2.24) is 4.90 Å². The molecule has 3 nitrogen and oxygen atoms in total. The van der Waals surface area contributed by atoms with E-state index >= 15 is 0 Å². The number of carbonyl (C=O) groups is 1. The molecule has 82 valence electrons. The number of carboxylic acid groups (broad SMARTS) is 1. The van der Waals surface area contributed by atoms with Crippen LogP contribution in [-0.4, -0.2) is 35.6 Å². The second kappa shape index (κ2) is 3.89. The number of aliphatic carboxylic acids is 1. The molecule has 0 aromatic rings. The van der Waals surface area contributed by atoms with Crippen LogP contribution in [0, 0.1) is 17.3 Å². The summed E-state index contributed by atoms with van der Waals surface area (Å²) in [5.41, 5.74) is -0.621. The fourth-order valence-corrected chi connectivity index (χ4v) is 2.00. The summed E-state index contributed by atoms with van der Waals surface area (Å²) >= 11 is 0. The zero-order valence-corrected chi connectivity index (χ0v) is 9.58. The second-order valence-corrected chi connectivity index (χ2v) is 5.34. The lowest BCUT2D eigenvalue weighted by molar-refractivity contribution is -0.147. The van der Waals surface area contributed by atoms with Crippen LogP contribution in [0.5, 0.6) is 0 Å². The summed E-state index contributed by atoms with van der Waals surface area (Å²) in [5.74, 6) is 0.684. The van der Waals surface area contributed by atoms with Gasteiger partial charge in [-0.05, 0) is 25.7 Å². The summed E-state index contributed by atoms with van der Waals surface area (Å²) in [5, 5.41) is 9.01. The molecule has 0 saturated carbocycles. The molecule has 0 bridgehead atoms. The molecule has 0 aliphatic carbocycles. The topological polar surface area (TPSA) is 40.5 Å². The van der Waals surface area contributed by atoms with Gasteiger partial charge in [0.25, 0.3) is 0 Å². The molecule has 1 rings (SSSR count). The number of likely N-dealkylation sites (tertiary alicyclic amines) is 1. The molecule has 1 aliphatic heterocycles. The maximum atomic E-state index is 10.9. The van der Waals surface area contributed by atoms with Crippen molar-refractivity contribution in [2.45, 2.75) is 27.7 Å². The normalized spacial score (nSPS) is 29.4. The molecule has 1 N–H and O–H groups in total. The van der Waals surface area contributed by atoms with E-state index in [0.717, 1.165) is 13.1 Å². The Labute approximate surface area is 86.1 Å². The van der Waals surface area contributed by atoms with E-state index in [0.29, 0.717) is 18.4 Å². The zero-order valence-electron chi connectivity index (χ0n) is 9.58. The van der Waals surface area contributed by atoms with Crippen LogP contribution in [0.15, 0.2) is 0 Å². The van der Waals surface area contributed by atoms with E-state index in [4.69, 9.17) is 5.11 Å². The summed E-state index contributed by atoms with van der Waals surface area (Å²) in [6, 6.07) is 0. The average Bonchev–Trinajstić information content (AvgIpc) is 2.29. The highest BCUT2D eigenvalue weighted by Crippen LogP contribution is 2.26. The predicted octanol–water partition coefficient (Wildman–Crippen LogP) is 1.69. The minimum atomic E-state index is -0.704. The van der Waals surface area contributed by atoms with Crippen molar-refractivity contribution < 1.29 is 9.90 Å². The molecule has 14 heavy (non-hydrogen) atoms. The number of rotatable bonds is 3. The van der Waals surface area contributed by atoms with Crippen molar-refractivity contribution >= 4 is 5.97 Å². The van der Waals surface area contributed by atoms with Gasteiger partial charge in [-0.3, -0.25) is 4.79 Å². The quantitative estimate of drug-likeness (QED) is 0.752. The van der Waals surface area contributed by atoms with Gasteiger partial charge in [0.2, 0.25) is 0 Å². The van der Waals surface area contributed by atoms with Gasteiger partial charge in [-0.1, -0.05) is 13.8 Å². The van der Waals surface area contributed by atoms with Gasteiger partial charge in [-0.25, -0.2) is 0 Å². The molecule has 0 amide bonds. The first-order chi connectivity index (χ1) is 6.33. The highest BCUT2D eigenvalue weighted by molar-refractivity contribution is 5.73. The largest absolute Gasteiger partial charge is 0.481 e. The van der Waals surface area contributed by atoms with Crippen LogP contribution in [-0.2, 0) is 4.79 Å². The Hall–Kier alpha value is -0.570. The predicted molar refractivity (Wildman–Crippen MR) is 56.2 cm³/mol. The maximum Gasteiger partial charge on any atom is 0.310 e. The van der Waals surface area contributed by atoms with E-state index < -0.39 is 11.4 Å². The van der Waals surface area contributed by atoms with Crippen LogP contribution in [0.1, 0.15) is 27.7 Å². The first-order valence-electron chi connectivity index (χ1n) is 5.28. The van der Waals surface area contributed by atoms with Gasteiger partial charge in [-0.2, -0.15) is 0 Å². The standard InChI is InChI=1S/C11H21NO2/c1-8-5-12(6-9(8)2)7-11(3,4)10(13)14/h8-9H,5-7H2,1-4H3,(H,13,14). The molecule has 0 spiro atoms. The molecule has 3 heteroatoms. The van der Waals surface area contributed by atoms with Gasteiger partial charge in [0.05, 0.1) is 5.41 Å². The Balaban J connectivity index is 2.50. The van der Waals surface area contributed by atoms with Crippen LogP contribution in [0.2, 0.25) is 0 Å². The fourth-order valence-electron chi connectivity index (χ4n) is 2.00. The first-order valence-corrected chi connectivity index (χ1v) is 5.28. The van der Waals surface area contributed by atoms with E-state index in [2.05, 4.69) is 18.7 Å². The van der Waals surface area contributed by atoms with Crippen LogP contribution < -0.4 is 0 Å². The van der Waals surface area contributed by atoms with Crippen LogP contribution in [0.25, 0.3) is 0 Å². The molecule has 1 saturated heterocycles. The van der Waals surface area contributed by atoms with E-state index in [1.54, 1.807) is 13.8 Å². The van der Waals surface area contributed by atoms with Crippen molar-refractivity contribution in [3.63, 3.8) is 0 Å². The van der Waals surface area contributed by atoms with E-state index in [-0.39, 0.29) is 0 Å². The van der Waals surface area contributed by atoms with Crippen molar-refractivity contribution in [2.75, 3.05) is 19.6 Å². The van der Waals surface area contributed by atoms with Crippen LogP contribution in [0.4, 0.5) is 0 Å². The Morgan fingerprint density at radius 3 is 2.14 bits per heavy atom. The number of carboxylic acids is 1. The lowest BCUT2D eigenvalue weighted by atomic mass is 9.93. The molecule has 1 heterocycles. The van der Waals surface area contributed by atoms with Gasteiger partial charge in [0, 0.05) is 19.6 Å². The lowest BCUT2D eigenvalue weighted by Crippen LogP contribution is -2.38. The Morgan fingerprint density at radius 1 is 1.36 bits per heavy atom. The van der Waals surface area contributed by atoms with E-state index in [1.165, 1.54) is 0 Å². The Kier molecular flexibility index (Phi) is 3.20. The molecule has 0 radical (unpaired) electrons. The van der Waals surface area contributed by atoms with Crippen molar-refractivity contribution in [3.8, 4) is 0 Å².